The molecule has 0 atom stereocenters. The fourth-order valence-corrected chi connectivity index (χ4v) is 5.29. The number of piperazine rings is 1. The molecule has 1 saturated heterocycles. The van der Waals surface area contributed by atoms with Crippen LogP contribution in [0.15, 0.2) is 60.7 Å². The lowest BCUT2D eigenvalue weighted by Crippen LogP contribution is -2.49. The van der Waals surface area contributed by atoms with E-state index in [0.29, 0.717) is 45.1 Å². The second-order valence-corrected chi connectivity index (χ2v) is 9.78. The summed E-state index contributed by atoms with van der Waals surface area (Å²) in [6, 6.07) is 18.6. The number of hydrogen-bond donors (Lipinski definition) is 1. The van der Waals surface area contributed by atoms with Gasteiger partial charge >= 0.3 is 0 Å². The Labute approximate surface area is 208 Å². The number of carbonyl (C=O) groups is 1. The molecule has 0 radical (unpaired) electrons. The fraction of sp³-hybridized carbons (Fsp3) is 0.296. The molecule has 6 nitrogen and oxygen atoms in total. The molecular formula is C27H28FN5OS. The highest BCUT2D eigenvalue weighted by Crippen LogP contribution is 2.33. The number of nitrogens with one attached hydrogen (secondary N) is 1. The molecule has 2 aromatic heterocycles. The maximum absolute atomic E-state index is 13.6. The van der Waals surface area contributed by atoms with Crippen LogP contribution in [-0.2, 0) is 24.2 Å². The Kier molecular flexibility index (Phi) is 6.90. The smallest absolute Gasteiger partial charge is 0.227 e. The fourth-order valence-electron chi connectivity index (χ4n) is 4.33. The first-order valence-electron chi connectivity index (χ1n) is 11.9. The number of benzene rings is 2. The van der Waals surface area contributed by atoms with Crippen molar-refractivity contribution < 1.29 is 9.18 Å². The summed E-state index contributed by atoms with van der Waals surface area (Å²) in [6.07, 6.45) is 1.37. The Bertz CT molecular complexity index is 1320. The summed E-state index contributed by atoms with van der Waals surface area (Å²) >= 11 is 1.68. The van der Waals surface area contributed by atoms with E-state index in [4.69, 9.17) is 9.97 Å². The number of fused-ring (bicyclic) bond motifs is 1. The van der Waals surface area contributed by atoms with Gasteiger partial charge in [-0.2, -0.15) is 4.98 Å². The van der Waals surface area contributed by atoms with Gasteiger partial charge in [-0.15, -0.1) is 11.3 Å². The Balaban J connectivity index is 1.32. The van der Waals surface area contributed by atoms with E-state index in [2.05, 4.69) is 23.2 Å². The number of hydrogen-bond acceptors (Lipinski definition) is 6. The Morgan fingerprint density at radius 2 is 1.77 bits per heavy atom. The molecule has 8 heteroatoms. The molecule has 0 unspecified atom stereocenters. The van der Waals surface area contributed by atoms with Crippen LogP contribution in [0.4, 0.5) is 16.2 Å². The van der Waals surface area contributed by atoms with Gasteiger partial charge in [0.1, 0.15) is 16.5 Å². The lowest BCUT2D eigenvalue weighted by Gasteiger charge is -2.35. The van der Waals surface area contributed by atoms with Gasteiger partial charge in [0.2, 0.25) is 11.9 Å². The second-order valence-electron chi connectivity index (χ2n) is 8.67. The highest BCUT2D eigenvalue weighted by molar-refractivity contribution is 7.18. The van der Waals surface area contributed by atoms with Crippen LogP contribution in [0.25, 0.3) is 10.2 Å². The van der Waals surface area contributed by atoms with Crippen LogP contribution in [0.5, 0.6) is 0 Å². The molecule has 35 heavy (non-hydrogen) atoms. The molecule has 0 saturated carbocycles. The van der Waals surface area contributed by atoms with Crippen LogP contribution < -0.4 is 10.2 Å². The van der Waals surface area contributed by atoms with E-state index in [0.717, 1.165) is 33.6 Å². The molecule has 180 valence electrons. The Hall–Kier alpha value is -3.52. The van der Waals surface area contributed by atoms with E-state index >= 15 is 0 Å². The molecule has 0 bridgehead atoms. The zero-order chi connectivity index (χ0) is 24.2. The average molecular weight is 490 g/mol. The third kappa shape index (κ3) is 5.43. The van der Waals surface area contributed by atoms with Crippen LogP contribution in [0.2, 0.25) is 0 Å². The third-order valence-corrected chi connectivity index (χ3v) is 7.42. The average Bonchev–Trinajstić information content (AvgIpc) is 3.31. The van der Waals surface area contributed by atoms with Crippen molar-refractivity contribution in [3.63, 3.8) is 0 Å². The molecule has 5 rings (SSSR count). The monoisotopic (exact) mass is 489 g/mol. The van der Waals surface area contributed by atoms with E-state index in [1.165, 1.54) is 17.0 Å². The highest BCUT2D eigenvalue weighted by Gasteiger charge is 2.24. The summed E-state index contributed by atoms with van der Waals surface area (Å²) in [5.74, 6) is 1.32. The first-order chi connectivity index (χ1) is 17.1. The predicted molar refractivity (Wildman–Crippen MR) is 139 cm³/mol. The van der Waals surface area contributed by atoms with Crippen LogP contribution in [0, 0.1) is 5.82 Å². The molecular weight excluding hydrogens is 461 g/mol. The third-order valence-electron chi connectivity index (χ3n) is 6.24. The summed E-state index contributed by atoms with van der Waals surface area (Å²) in [5.41, 5.74) is 1.87. The van der Waals surface area contributed by atoms with E-state index < -0.39 is 0 Å². The molecule has 0 spiro atoms. The number of rotatable bonds is 7. The summed E-state index contributed by atoms with van der Waals surface area (Å²) in [7, 11) is 0. The zero-order valence-corrected chi connectivity index (χ0v) is 20.5. The standard InChI is InChI=1S/C27H28FN5OS/c1-2-22-17-23-25(30-27(31-26(23)35-22)29-18-20-9-6-10-21(28)15-20)33-13-11-32(12-14-33)24(34)16-19-7-4-3-5-8-19/h3-10,15,17H,2,11-14,16,18H2,1H3,(H,29,30,31). The first-order valence-corrected chi connectivity index (χ1v) is 12.8. The van der Waals surface area contributed by atoms with Gasteiger partial charge in [-0.05, 0) is 35.7 Å². The second kappa shape index (κ2) is 10.4. The first kappa shape index (κ1) is 23.2. The summed E-state index contributed by atoms with van der Waals surface area (Å²) in [6.45, 7) is 5.33. The maximum Gasteiger partial charge on any atom is 0.227 e. The molecule has 1 N–H and O–H groups in total. The van der Waals surface area contributed by atoms with Crippen LogP contribution in [0.3, 0.4) is 0 Å². The predicted octanol–water partition coefficient (Wildman–Crippen LogP) is 4.90. The van der Waals surface area contributed by atoms with Gasteiger partial charge in [-0.1, -0.05) is 49.4 Å². The van der Waals surface area contributed by atoms with Gasteiger partial charge in [0.25, 0.3) is 0 Å². The SMILES string of the molecule is CCc1cc2c(N3CCN(C(=O)Cc4ccccc4)CC3)nc(NCc3cccc(F)c3)nc2s1. The van der Waals surface area contributed by atoms with E-state index in [-0.39, 0.29) is 11.7 Å². The largest absolute Gasteiger partial charge is 0.352 e. The number of halogens is 1. The van der Waals surface area contributed by atoms with Crippen molar-refractivity contribution in [1.29, 1.82) is 0 Å². The Morgan fingerprint density at radius 3 is 2.51 bits per heavy atom. The highest BCUT2D eigenvalue weighted by atomic mass is 32.1. The number of aryl methyl sites for hydroxylation is 1. The summed E-state index contributed by atoms with van der Waals surface area (Å²) < 4.78 is 13.6. The summed E-state index contributed by atoms with van der Waals surface area (Å²) in [5, 5.41) is 4.32. The molecule has 1 amide bonds. The van der Waals surface area contributed by atoms with Gasteiger partial charge in [0.15, 0.2) is 0 Å². The van der Waals surface area contributed by atoms with Gasteiger partial charge in [-0.25, -0.2) is 9.37 Å². The van der Waals surface area contributed by atoms with Gasteiger partial charge < -0.3 is 15.1 Å². The molecule has 1 aliphatic rings. The molecule has 1 aliphatic heterocycles. The number of thiophene rings is 1. The number of amides is 1. The van der Waals surface area contributed by atoms with Crippen molar-refractivity contribution in [1.82, 2.24) is 14.9 Å². The normalized spacial score (nSPS) is 13.9. The van der Waals surface area contributed by atoms with Gasteiger partial charge in [0.05, 0.1) is 11.8 Å². The lowest BCUT2D eigenvalue weighted by molar-refractivity contribution is -0.130. The quantitative estimate of drug-likeness (QED) is 0.400. The number of carbonyl (C=O) groups excluding carboxylic acids is 1. The van der Waals surface area contributed by atoms with Crippen molar-refractivity contribution in [3.8, 4) is 0 Å². The molecule has 3 heterocycles. The zero-order valence-electron chi connectivity index (χ0n) is 19.7. The van der Waals surface area contributed by atoms with E-state index in [9.17, 15) is 9.18 Å². The van der Waals surface area contributed by atoms with Crippen molar-refractivity contribution in [2.45, 2.75) is 26.3 Å². The molecule has 0 aliphatic carbocycles. The summed E-state index contributed by atoms with van der Waals surface area (Å²) in [4.78, 5) is 28.8. The number of anilines is 2. The van der Waals surface area contributed by atoms with Crippen LogP contribution >= 0.6 is 11.3 Å². The van der Waals surface area contributed by atoms with Crippen LogP contribution in [-0.4, -0.2) is 47.0 Å². The number of nitrogens with zero attached hydrogens (tertiary/aromatic N) is 4. The maximum atomic E-state index is 13.6. The molecule has 4 aromatic rings. The van der Waals surface area contributed by atoms with E-state index in [1.807, 2.05) is 41.3 Å². The molecule has 2 aromatic carbocycles. The minimum atomic E-state index is -0.258. The van der Waals surface area contributed by atoms with Crippen LogP contribution in [0.1, 0.15) is 22.9 Å². The van der Waals surface area contributed by atoms with Crippen molar-refractivity contribution in [2.75, 3.05) is 36.4 Å². The van der Waals surface area contributed by atoms with Crippen molar-refractivity contribution >= 4 is 39.2 Å². The van der Waals surface area contributed by atoms with E-state index in [1.54, 1.807) is 17.4 Å². The van der Waals surface area contributed by atoms with Gasteiger partial charge in [0, 0.05) is 37.6 Å². The Morgan fingerprint density at radius 1 is 1.00 bits per heavy atom. The topological polar surface area (TPSA) is 61.4 Å². The minimum absolute atomic E-state index is 0.157. The number of aromatic nitrogens is 2. The minimum Gasteiger partial charge on any atom is -0.352 e. The lowest BCUT2D eigenvalue weighted by atomic mass is 10.1. The molecule has 1 fully saturated rings. The van der Waals surface area contributed by atoms with Crippen molar-refractivity contribution in [3.05, 3.63) is 82.5 Å². The van der Waals surface area contributed by atoms with Crippen molar-refractivity contribution in [2.24, 2.45) is 0 Å². The van der Waals surface area contributed by atoms with Gasteiger partial charge in [-0.3, -0.25) is 4.79 Å².